The second-order valence-electron chi connectivity index (χ2n) is 5.75. The Hall–Kier alpha value is -2.81. The Morgan fingerprint density at radius 2 is 1.75 bits per heavy atom. The highest BCUT2D eigenvalue weighted by Gasteiger charge is 2.20. The third kappa shape index (κ3) is 2.85. The third-order valence-corrected chi connectivity index (χ3v) is 4.21. The molecule has 0 aliphatic heterocycles. The number of aryl methyl sites for hydroxylation is 1. The van der Waals surface area contributed by atoms with Gasteiger partial charge in [-0.05, 0) is 37.1 Å². The number of nitrogens with zero attached hydrogens (tertiary/aromatic N) is 1. The number of allylic oxidation sites excluding steroid dienone is 1. The van der Waals surface area contributed by atoms with Gasteiger partial charge in [-0.25, -0.2) is 4.79 Å². The highest BCUT2D eigenvalue weighted by atomic mass is 16.5. The summed E-state index contributed by atoms with van der Waals surface area (Å²) in [5, 5.41) is 0.922. The Kier molecular flexibility index (Phi) is 4.52. The predicted octanol–water partition coefficient (Wildman–Crippen LogP) is 4.92. The lowest BCUT2D eigenvalue weighted by atomic mass is 10.0. The summed E-state index contributed by atoms with van der Waals surface area (Å²) in [6.45, 7) is 4.25. The van der Waals surface area contributed by atoms with Crippen LogP contribution in [0.15, 0.2) is 54.6 Å². The lowest BCUT2D eigenvalue weighted by Gasteiger charge is -2.06. The monoisotopic (exact) mass is 319 g/mol. The van der Waals surface area contributed by atoms with Gasteiger partial charge in [0.2, 0.25) is 0 Å². The van der Waals surface area contributed by atoms with Crippen LogP contribution in [0.1, 0.15) is 35.5 Å². The third-order valence-electron chi connectivity index (χ3n) is 4.21. The molecule has 3 rings (SSSR count). The molecule has 2 aromatic carbocycles. The molecule has 3 nitrogen and oxygen atoms in total. The zero-order chi connectivity index (χ0) is 17.1. The number of rotatable bonds is 4. The Bertz CT molecular complexity index is 904. The molecule has 0 aliphatic carbocycles. The minimum Gasteiger partial charge on any atom is -0.462 e. The summed E-state index contributed by atoms with van der Waals surface area (Å²) in [4.78, 5) is 12.5. The van der Waals surface area contributed by atoms with Gasteiger partial charge in [-0.3, -0.25) is 0 Å². The maximum Gasteiger partial charge on any atom is 0.340 e. The molecule has 0 N–H and O–H groups in total. The van der Waals surface area contributed by atoms with E-state index in [9.17, 15) is 4.79 Å². The quantitative estimate of drug-likeness (QED) is 0.639. The molecule has 1 heterocycles. The first-order valence-electron chi connectivity index (χ1n) is 8.11. The van der Waals surface area contributed by atoms with Crippen LogP contribution >= 0.6 is 0 Å². The van der Waals surface area contributed by atoms with Crippen LogP contribution in [0.2, 0.25) is 0 Å². The molecule has 3 heteroatoms. The molecule has 0 fully saturated rings. The fourth-order valence-electron chi connectivity index (χ4n) is 2.99. The van der Waals surface area contributed by atoms with Crippen LogP contribution in [-0.4, -0.2) is 17.1 Å². The molecule has 122 valence electrons. The maximum absolute atomic E-state index is 12.5. The topological polar surface area (TPSA) is 31.2 Å². The van der Waals surface area contributed by atoms with Gasteiger partial charge in [0.1, 0.15) is 0 Å². The summed E-state index contributed by atoms with van der Waals surface area (Å²) in [5.41, 5.74) is 4.76. The SMILES string of the molecule is CCOC(=O)c1c(C=C(C)c2ccccc2)n(C)c2ccccc12. The summed E-state index contributed by atoms with van der Waals surface area (Å²) in [6.07, 6.45) is 2.06. The number of aromatic nitrogens is 1. The number of carbonyl (C=O) groups is 1. The summed E-state index contributed by atoms with van der Waals surface area (Å²) >= 11 is 0. The molecular weight excluding hydrogens is 298 g/mol. The van der Waals surface area contributed by atoms with Crippen molar-refractivity contribution < 1.29 is 9.53 Å². The van der Waals surface area contributed by atoms with Gasteiger partial charge in [-0.1, -0.05) is 48.5 Å². The number of esters is 1. The zero-order valence-corrected chi connectivity index (χ0v) is 14.2. The summed E-state index contributed by atoms with van der Waals surface area (Å²) in [6, 6.07) is 18.1. The zero-order valence-electron chi connectivity index (χ0n) is 14.2. The number of carbonyl (C=O) groups excluding carboxylic acids is 1. The normalized spacial score (nSPS) is 11.7. The van der Waals surface area contributed by atoms with Crippen LogP contribution in [0, 0.1) is 0 Å². The van der Waals surface area contributed by atoms with Gasteiger partial charge in [-0.15, -0.1) is 0 Å². The molecule has 1 aromatic heterocycles. The van der Waals surface area contributed by atoms with E-state index >= 15 is 0 Å². The Balaban J connectivity index is 2.21. The molecule has 0 atom stereocenters. The lowest BCUT2D eigenvalue weighted by Crippen LogP contribution is -2.06. The molecule has 24 heavy (non-hydrogen) atoms. The Labute approximate surface area is 142 Å². The van der Waals surface area contributed by atoms with E-state index in [4.69, 9.17) is 4.74 Å². The van der Waals surface area contributed by atoms with Crippen molar-refractivity contribution in [2.45, 2.75) is 13.8 Å². The average Bonchev–Trinajstić information content (AvgIpc) is 2.88. The Morgan fingerprint density at radius 1 is 1.08 bits per heavy atom. The van der Waals surface area contributed by atoms with Crippen LogP contribution in [0.4, 0.5) is 0 Å². The highest BCUT2D eigenvalue weighted by Crippen LogP contribution is 2.29. The van der Waals surface area contributed by atoms with Gasteiger partial charge >= 0.3 is 5.97 Å². The van der Waals surface area contributed by atoms with Crippen LogP contribution < -0.4 is 0 Å². The summed E-state index contributed by atoms with van der Waals surface area (Å²) < 4.78 is 7.35. The molecule has 3 aromatic rings. The number of benzene rings is 2. The molecule has 0 amide bonds. The number of para-hydroxylation sites is 1. The van der Waals surface area contributed by atoms with E-state index in [-0.39, 0.29) is 5.97 Å². The van der Waals surface area contributed by atoms with Gasteiger partial charge in [0.15, 0.2) is 0 Å². The predicted molar refractivity (Wildman–Crippen MR) is 98.9 cm³/mol. The summed E-state index contributed by atoms with van der Waals surface area (Å²) in [7, 11) is 1.98. The van der Waals surface area contributed by atoms with Crippen LogP contribution in [-0.2, 0) is 11.8 Å². The maximum atomic E-state index is 12.5. The van der Waals surface area contributed by atoms with Crippen molar-refractivity contribution in [1.82, 2.24) is 4.57 Å². The van der Waals surface area contributed by atoms with Gasteiger partial charge in [0.05, 0.1) is 17.9 Å². The number of ether oxygens (including phenoxy) is 1. The van der Waals surface area contributed by atoms with Crippen molar-refractivity contribution in [2.24, 2.45) is 7.05 Å². The Morgan fingerprint density at radius 3 is 2.46 bits per heavy atom. The second kappa shape index (κ2) is 6.75. The molecule has 0 saturated heterocycles. The molecule has 0 saturated carbocycles. The van der Waals surface area contributed by atoms with E-state index < -0.39 is 0 Å². The van der Waals surface area contributed by atoms with Gasteiger partial charge in [-0.2, -0.15) is 0 Å². The van der Waals surface area contributed by atoms with Crippen molar-refractivity contribution in [3.8, 4) is 0 Å². The van der Waals surface area contributed by atoms with Crippen molar-refractivity contribution in [3.05, 3.63) is 71.4 Å². The minimum absolute atomic E-state index is 0.276. The lowest BCUT2D eigenvalue weighted by molar-refractivity contribution is 0.0528. The van der Waals surface area contributed by atoms with E-state index in [2.05, 4.69) is 25.1 Å². The molecule has 0 spiro atoms. The van der Waals surface area contributed by atoms with Gasteiger partial charge < -0.3 is 9.30 Å². The minimum atomic E-state index is -0.276. The molecule has 0 radical (unpaired) electrons. The van der Waals surface area contributed by atoms with Crippen molar-refractivity contribution in [3.63, 3.8) is 0 Å². The molecule has 0 bridgehead atoms. The smallest absolute Gasteiger partial charge is 0.340 e. The first-order valence-corrected chi connectivity index (χ1v) is 8.11. The first-order chi connectivity index (χ1) is 11.6. The fraction of sp³-hybridized carbons (Fsp3) is 0.190. The van der Waals surface area contributed by atoms with E-state index in [1.54, 1.807) is 0 Å². The largest absolute Gasteiger partial charge is 0.462 e. The van der Waals surface area contributed by atoms with Gasteiger partial charge in [0.25, 0.3) is 0 Å². The standard InChI is InChI=1S/C21H21NO2/c1-4-24-21(23)20-17-12-8-9-13-18(17)22(3)19(20)14-15(2)16-10-6-5-7-11-16/h5-14H,4H2,1-3H3. The van der Waals surface area contributed by atoms with Crippen molar-refractivity contribution in [1.29, 1.82) is 0 Å². The summed E-state index contributed by atoms with van der Waals surface area (Å²) in [5.74, 6) is -0.276. The number of fused-ring (bicyclic) bond motifs is 1. The van der Waals surface area contributed by atoms with Crippen molar-refractivity contribution in [2.75, 3.05) is 6.61 Å². The number of hydrogen-bond acceptors (Lipinski definition) is 2. The van der Waals surface area contributed by atoms with E-state index in [1.807, 2.05) is 61.0 Å². The molecule has 0 unspecified atom stereocenters. The van der Waals surface area contributed by atoms with E-state index in [0.717, 1.165) is 27.7 Å². The van der Waals surface area contributed by atoms with Crippen LogP contribution in [0.3, 0.4) is 0 Å². The van der Waals surface area contributed by atoms with Gasteiger partial charge in [0, 0.05) is 18.0 Å². The average molecular weight is 319 g/mol. The fourth-order valence-corrected chi connectivity index (χ4v) is 2.99. The first kappa shape index (κ1) is 16.1. The molecule has 0 aliphatic rings. The van der Waals surface area contributed by atoms with E-state index in [0.29, 0.717) is 12.2 Å². The van der Waals surface area contributed by atoms with Crippen LogP contribution in [0.5, 0.6) is 0 Å². The number of hydrogen-bond donors (Lipinski definition) is 0. The van der Waals surface area contributed by atoms with Crippen molar-refractivity contribution >= 4 is 28.5 Å². The van der Waals surface area contributed by atoms with E-state index in [1.165, 1.54) is 0 Å². The molecular formula is C21H21NO2. The highest BCUT2D eigenvalue weighted by molar-refractivity contribution is 6.08. The van der Waals surface area contributed by atoms with Crippen LogP contribution in [0.25, 0.3) is 22.6 Å². The second-order valence-corrected chi connectivity index (χ2v) is 5.75.